The molecule has 2 rings (SSSR count). The lowest BCUT2D eigenvalue weighted by atomic mass is 10.1. The first-order valence-electron chi connectivity index (χ1n) is 7.04. The predicted octanol–water partition coefficient (Wildman–Crippen LogP) is 0.526. The van der Waals surface area contributed by atoms with E-state index in [1.165, 1.54) is 7.11 Å². The Morgan fingerprint density at radius 2 is 2.05 bits per heavy atom. The average Bonchev–Trinajstić information content (AvgIpc) is 2.48. The molecule has 21 heavy (non-hydrogen) atoms. The number of ether oxygens (including phenoxy) is 1. The molecule has 1 heterocycles. The van der Waals surface area contributed by atoms with Gasteiger partial charge >= 0.3 is 0 Å². The number of nitrogens with zero attached hydrogens (tertiary/aromatic N) is 1. The third-order valence-electron chi connectivity index (χ3n) is 3.79. The van der Waals surface area contributed by atoms with Crippen molar-refractivity contribution < 1.29 is 13.2 Å². The minimum Gasteiger partial charge on any atom is -0.495 e. The second-order valence-corrected chi connectivity index (χ2v) is 7.07. The van der Waals surface area contributed by atoms with Gasteiger partial charge in [-0.1, -0.05) is 6.07 Å². The Morgan fingerprint density at radius 1 is 1.38 bits per heavy atom. The Bertz CT molecular complexity index is 581. The van der Waals surface area contributed by atoms with Gasteiger partial charge in [0.2, 0.25) is 10.0 Å². The van der Waals surface area contributed by atoms with Crippen molar-refractivity contribution in [2.45, 2.75) is 30.3 Å². The molecule has 0 aromatic heterocycles. The summed E-state index contributed by atoms with van der Waals surface area (Å²) in [5.74, 6) is 0.332. The van der Waals surface area contributed by atoms with Crippen LogP contribution in [0.5, 0.6) is 5.75 Å². The number of hydrogen-bond acceptors (Lipinski definition) is 5. The minimum absolute atomic E-state index is 0.0231. The number of piperidine rings is 1. The Morgan fingerprint density at radius 3 is 2.62 bits per heavy atom. The summed E-state index contributed by atoms with van der Waals surface area (Å²) < 4.78 is 33.0. The fraction of sp³-hybridized carbons (Fsp3) is 0.571. The lowest BCUT2D eigenvalue weighted by molar-refractivity contribution is 0.248. The molecule has 1 aromatic rings. The second-order valence-electron chi connectivity index (χ2n) is 5.39. The van der Waals surface area contributed by atoms with E-state index < -0.39 is 10.0 Å². The summed E-state index contributed by atoms with van der Waals surface area (Å²) in [5.41, 5.74) is 6.41. The standard InChI is InChI=1S/C14H23N3O3S/c1-17-7-5-12(6-8-17)16-21(18,19)14-4-3-11(10-15)9-13(14)20-2/h3-4,9,12,16H,5-8,10,15H2,1-2H3. The highest BCUT2D eigenvalue weighted by Crippen LogP contribution is 2.25. The number of nitrogens with two attached hydrogens (primary N) is 1. The summed E-state index contributed by atoms with van der Waals surface area (Å²) in [4.78, 5) is 2.36. The van der Waals surface area contributed by atoms with Crippen LogP contribution in [0.3, 0.4) is 0 Å². The summed E-state index contributed by atoms with van der Waals surface area (Å²) in [7, 11) is -0.0760. The number of benzene rings is 1. The Labute approximate surface area is 126 Å². The molecule has 1 fully saturated rings. The van der Waals surface area contributed by atoms with Gasteiger partial charge in [-0.05, 0) is 50.7 Å². The van der Waals surface area contributed by atoms with E-state index in [-0.39, 0.29) is 10.9 Å². The van der Waals surface area contributed by atoms with E-state index in [9.17, 15) is 8.42 Å². The topological polar surface area (TPSA) is 84.7 Å². The zero-order valence-corrected chi connectivity index (χ0v) is 13.3. The van der Waals surface area contributed by atoms with Crippen LogP contribution in [0.15, 0.2) is 23.1 Å². The van der Waals surface area contributed by atoms with Gasteiger partial charge in [0.15, 0.2) is 0 Å². The van der Waals surface area contributed by atoms with Crippen LogP contribution in [0.4, 0.5) is 0 Å². The number of nitrogens with one attached hydrogen (secondary N) is 1. The minimum atomic E-state index is -3.58. The molecule has 7 heteroatoms. The number of methoxy groups -OCH3 is 1. The maximum absolute atomic E-state index is 12.5. The van der Waals surface area contributed by atoms with Crippen LogP contribution in [0.25, 0.3) is 0 Å². The van der Waals surface area contributed by atoms with Crippen LogP contribution < -0.4 is 15.2 Å². The second kappa shape index (κ2) is 6.74. The lowest BCUT2D eigenvalue weighted by Crippen LogP contribution is -2.43. The number of sulfonamides is 1. The molecule has 0 aliphatic carbocycles. The molecule has 6 nitrogen and oxygen atoms in total. The van der Waals surface area contributed by atoms with E-state index >= 15 is 0 Å². The molecular weight excluding hydrogens is 290 g/mol. The van der Waals surface area contributed by atoms with Crippen molar-refractivity contribution in [3.63, 3.8) is 0 Å². The van der Waals surface area contributed by atoms with Crippen LogP contribution in [-0.2, 0) is 16.6 Å². The molecule has 0 unspecified atom stereocenters. The molecule has 0 spiro atoms. The van der Waals surface area contributed by atoms with Crippen molar-refractivity contribution >= 4 is 10.0 Å². The van der Waals surface area contributed by atoms with Gasteiger partial charge in [-0.3, -0.25) is 0 Å². The molecule has 1 aromatic carbocycles. The molecule has 0 saturated carbocycles. The molecule has 1 aliphatic rings. The third-order valence-corrected chi connectivity index (χ3v) is 5.35. The molecule has 0 radical (unpaired) electrons. The van der Waals surface area contributed by atoms with Gasteiger partial charge in [0.1, 0.15) is 10.6 Å². The van der Waals surface area contributed by atoms with Gasteiger partial charge in [-0.15, -0.1) is 0 Å². The molecule has 0 bridgehead atoms. The van der Waals surface area contributed by atoms with Crippen LogP contribution in [0, 0.1) is 0 Å². The molecular formula is C14H23N3O3S. The van der Waals surface area contributed by atoms with Crippen molar-refractivity contribution in [3.05, 3.63) is 23.8 Å². The average molecular weight is 313 g/mol. The molecule has 1 aliphatic heterocycles. The van der Waals surface area contributed by atoms with Gasteiger partial charge in [-0.25, -0.2) is 13.1 Å². The lowest BCUT2D eigenvalue weighted by Gasteiger charge is -2.29. The first-order chi connectivity index (χ1) is 9.96. The van der Waals surface area contributed by atoms with E-state index in [2.05, 4.69) is 9.62 Å². The highest BCUT2D eigenvalue weighted by Gasteiger charge is 2.25. The van der Waals surface area contributed by atoms with Crippen LogP contribution >= 0.6 is 0 Å². The Balaban J connectivity index is 2.19. The fourth-order valence-electron chi connectivity index (χ4n) is 2.47. The quantitative estimate of drug-likeness (QED) is 0.828. The summed E-state index contributed by atoms with van der Waals surface area (Å²) in [5, 5.41) is 0. The summed E-state index contributed by atoms with van der Waals surface area (Å²) in [6.07, 6.45) is 1.64. The maximum Gasteiger partial charge on any atom is 0.244 e. The fourth-order valence-corrected chi connectivity index (χ4v) is 3.93. The molecule has 0 atom stereocenters. The van der Waals surface area contributed by atoms with Gasteiger partial charge in [0, 0.05) is 12.6 Å². The van der Waals surface area contributed by atoms with E-state index in [1.54, 1.807) is 18.2 Å². The van der Waals surface area contributed by atoms with Gasteiger partial charge < -0.3 is 15.4 Å². The smallest absolute Gasteiger partial charge is 0.244 e. The van der Waals surface area contributed by atoms with Gasteiger partial charge in [0.25, 0.3) is 0 Å². The van der Waals surface area contributed by atoms with Crippen molar-refractivity contribution in [1.82, 2.24) is 9.62 Å². The highest BCUT2D eigenvalue weighted by molar-refractivity contribution is 7.89. The monoisotopic (exact) mass is 313 g/mol. The number of rotatable bonds is 5. The van der Waals surface area contributed by atoms with Crippen molar-refractivity contribution in [3.8, 4) is 5.75 Å². The van der Waals surface area contributed by atoms with Gasteiger partial charge in [-0.2, -0.15) is 0 Å². The predicted molar refractivity (Wildman–Crippen MR) is 81.7 cm³/mol. The van der Waals surface area contributed by atoms with E-state index in [4.69, 9.17) is 10.5 Å². The van der Waals surface area contributed by atoms with E-state index in [0.717, 1.165) is 31.5 Å². The molecule has 0 amide bonds. The zero-order valence-electron chi connectivity index (χ0n) is 12.5. The SMILES string of the molecule is COc1cc(CN)ccc1S(=O)(=O)NC1CCN(C)CC1. The van der Waals surface area contributed by atoms with Crippen molar-refractivity contribution in [2.24, 2.45) is 5.73 Å². The molecule has 3 N–H and O–H groups in total. The first kappa shape index (κ1) is 16.2. The number of likely N-dealkylation sites (tertiary alicyclic amines) is 1. The first-order valence-corrected chi connectivity index (χ1v) is 8.52. The highest BCUT2D eigenvalue weighted by atomic mass is 32.2. The molecule has 1 saturated heterocycles. The van der Waals surface area contributed by atoms with E-state index in [1.807, 2.05) is 7.05 Å². The number of hydrogen-bond donors (Lipinski definition) is 2. The molecule has 118 valence electrons. The van der Waals surface area contributed by atoms with Gasteiger partial charge in [0.05, 0.1) is 7.11 Å². The van der Waals surface area contributed by atoms with E-state index in [0.29, 0.717) is 12.3 Å². The Hall–Kier alpha value is -1.15. The Kier molecular flexibility index (Phi) is 5.21. The van der Waals surface area contributed by atoms with Crippen LogP contribution in [0.1, 0.15) is 18.4 Å². The van der Waals surface area contributed by atoms with Crippen molar-refractivity contribution in [2.75, 3.05) is 27.2 Å². The normalized spacial score (nSPS) is 17.9. The van der Waals surface area contributed by atoms with Crippen LogP contribution in [-0.4, -0.2) is 46.6 Å². The summed E-state index contributed by atoms with van der Waals surface area (Å²) in [6, 6.07) is 4.91. The summed E-state index contributed by atoms with van der Waals surface area (Å²) >= 11 is 0. The maximum atomic E-state index is 12.5. The van der Waals surface area contributed by atoms with Crippen LogP contribution in [0.2, 0.25) is 0 Å². The largest absolute Gasteiger partial charge is 0.495 e. The third kappa shape index (κ3) is 3.94. The summed E-state index contributed by atoms with van der Waals surface area (Å²) in [6.45, 7) is 2.14. The van der Waals surface area contributed by atoms with Crippen molar-refractivity contribution in [1.29, 1.82) is 0 Å². The zero-order chi connectivity index (χ0) is 15.5.